The predicted molar refractivity (Wildman–Crippen MR) is 78.7 cm³/mol. The fraction of sp³-hybridized carbons (Fsp3) is 0.429. The number of carboxylic acid groups (broad SMARTS) is 1. The van der Waals surface area contributed by atoms with E-state index in [1.165, 1.54) is 0 Å². The number of anilines is 2. The van der Waals surface area contributed by atoms with Crippen LogP contribution in [0.4, 0.5) is 15.8 Å². The summed E-state index contributed by atoms with van der Waals surface area (Å²) in [4.78, 5) is 22.6. The van der Waals surface area contributed by atoms with Crippen LogP contribution in [0.15, 0.2) is 12.1 Å². The van der Waals surface area contributed by atoms with Crippen LogP contribution in [-0.2, 0) is 4.79 Å². The first-order chi connectivity index (χ1) is 9.72. The number of carbonyl (C=O) groups excluding carboxylic acids is 1. The van der Waals surface area contributed by atoms with Crippen LogP contribution in [0.2, 0.25) is 0 Å². The van der Waals surface area contributed by atoms with E-state index >= 15 is 0 Å². The Bertz CT molecular complexity index is 547. The van der Waals surface area contributed by atoms with Crippen molar-refractivity contribution in [2.75, 3.05) is 17.6 Å². The molecule has 0 fully saturated rings. The monoisotopic (exact) mass is 297 g/mol. The van der Waals surface area contributed by atoms with Crippen molar-refractivity contribution in [3.8, 4) is 0 Å². The lowest BCUT2D eigenvalue weighted by atomic mass is 10.1. The Balaban J connectivity index is 2.81. The molecular formula is C14H20FN3O3. The lowest BCUT2D eigenvalue weighted by molar-refractivity contribution is -0.121. The van der Waals surface area contributed by atoms with Crippen LogP contribution in [0.1, 0.15) is 31.1 Å². The molecule has 0 heterocycles. The van der Waals surface area contributed by atoms with Crippen molar-refractivity contribution in [2.45, 2.75) is 26.8 Å². The molecule has 0 saturated heterocycles. The molecule has 116 valence electrons. The van der Waals surface area contributed by atoms with E-state index in [4.69, 9.17) is 10.8 Å². The fourth-order valence-electron chi connectivity index (χ4n) is 1.64. The van der Waals surface area contributed by atoms with Gasteiger partial charge in [0.15, 0.2) is 0 Å². The minimum atomic E-state index is -1.39. The molecule has 5 N–H and O–H groups in total. The highest BCUT2D eigenvalue weighted by Gasteiger charge is 2.17. The second-order valence-corrected chi connectivity index (χ2v) is 5.23. The van der Waals surface area contributed by atoms with E-state index in [1.807, 2.05) is 13.8 Å². The molecule has 0 aliphatic carbocycles. The summed E-state index contributed by atoms with van der Waals surface area (Å²) in [7, 11) is 0. The largest absolute Gasteiger partial charge is 0.478 e. The van der Waals surface area contributed by atoms with Gasteiger partial charge in [-0.2, -0.15) is 0 Å². The molecule has 1 amide bonds. The highest BCUT2D eigenvalue weighted by Crippen LogP contribution is 2.23. The maximum Gasteiger partial charge on any atom is 0.338 e. The van der Waals surface area contributed by atoms with E-state index in [2.05, 4.69) is 10.6 Å². The molecule has 0 aromatic heterocycles. The van der Waals surface area contributed by atoms with Crippen LogP contribution in [0.3, 0.4) is 0 Å². The van der Waals surface area contributed by atoms with Gasteiger partial charge in [-0.15, -0.1) is 0 Å². The molecule has 1 atom stereocenters. The average Bonchev–Trinajstić information content (AvgIpc) is 2.39. The summed E-state index contributed by atoms with van der Waals surface area (Å²) in [6, 6.07) is 1.38. The van der Waals surface area contributed by atoms with Crippen LogP contribution < -0.4 is 16.4 Å². The van der Waals surface area contributed by atoms with E-state index < -0.39 is 23.4 Å². The number of nitrogen functional groups attached to an aromatic ring is 1. The molecule has 0 radical (unpaired) electrons. The highest BCUT2D eigenvalue weighted by atomic mass is 19.1. The van der Waals surface area contributed by atoms with Crippen LogP contribution in [0.25, 0.3) is 0 Å². The number of carboxylic acids is 1. The Kier molecular flexibility index (Phi) is 5.52. The Labute approximate surface area is 122 Å². The second-order valence-electron chi connectivity index (χ2n) is 5.23. The first-order valence-electron chi connectivity index (χ1n) is 6.59. The molecule has 0 spiro atoms. The molecule has 0 aliphatic rings. The van der Waals surface area contributed by atoms with Gasteiger partial charge in [0.25, 0.3) is 0 Å². The number of nitrogens with two attached hydrogens (primary N) is 1. The maximum absolute atomic E-state index is 13.6. The quantitative estimate of drug-likeness (QED) is 0.598. The standard InChI is InChI=1S/C14H20FN3O3/c1-7(2)6-17-13(19)8(3)18-12-5-10(15)9(14(20)21)4-11(12)16/h4-5,7-8,18H,6,16H2,1-3H3,(H,17,19)(H,20,21). The molecule has 0 bridgehead atoms. The van der Waals surface area contributed by atoms with Gasteiger partial charge in [0.05, 0.1) is 16.9 Å². The molecule has 6 nitrogen and oxygen atoms in total. The topological polar surface area (TPSA) is 104 Å². The number of benzene rings is 1. The van der Waals surface area contributed by atoms with Crippen LogP contribution in [-0.4, -0.2) is 29.6 Å². The van der Waals surface area contributed by atoms with Crippen molar-refractivity contribution < 1.29 is 19.1 Å². The summed E-state index contributed by atoms with van der Waals surface area (Å²) < 4.78 is 13.6. The van der Waals surface area contributed by atoms with Gasteiger partial charge in [0, 0.05) is 6.54 Å². The van der Waals surface area contributed by atoms with Crippen LogP contribution in [0, 0.1) is 11.7 Å². The molecule has 0 aliphatic heterocycles. The summed E-state index contributed by atoms with van der Waals surface area (Å²) in [5.74, 6) is -2.23. The molecule has 1 unspecified atom stereocenters. The third kappa shape index (κ3) is 4.62. The van der Waals surface area contributed by atoms with Gasteiger partial charge in [0.1, 0.15) is 11.9 Å². The van der Waals surface area contributed by atoms with E-state index in [0.717, 1.165) is 12.1 Å². The zero-order chi connectivity index (χ0) is 16.2. The smallest absolute Gasteiger partial charge is 0.338 e. The summed E-state index contributed by atoms with van der Waals surface area (Å²) >= 11 is 0. The molecule has 7 heteroatoms. The molecular weight excluding hydrogens is 277 g/mol. The van der Waals surface area contributed by atoms with Gasteiger partial charge in [0.2, 0.25) is 5.91 Å². The second kappa shape index (κ2) is 6.92. The normalized spacial score (nSPS) is 12.0. The van der Waals surface area contributed by atoms with E-state index in [-0.39, 0.29) is 17.3 Å². The Morgan fingerprint density at radius 2 is 1.95 bits per heavy atom. The lowest BCUT2D eigenvalue weighted by Crippen LogP contribution is -2.39. The van der Waals surface area contributed by atoms with Crippen molar-refractivity contribution >= 4 is 23.3 Å². The van der Waals surface area contributed by atoms with E-state index in [9.17, 15) is 14.0 Å². The Hall–Kier alpha value is -2.31. The van der Waals surface area contributed by atoms with Crippen molar-refractivity contribution in [3.05, 3.63) is 23.5 Å². The minimum Gasteiger partial charge on any atom is -0.478 e. The van der Waals surface area contributed by atoms with Gasteiger partial charge in [-0.25, -0.2) is 9.18 Å². The third-order valence-electron chi connectivity index (χ3n) is 2.82. The first kappa shape index (κ1) is 16.7. The minimum absolute atomic E-state index is 0.0670. The number of aromatic carboxylic acids is 1. The summed E-state index contributed by atoms with van der Waals surface area (Å²) in [6.07, 6.45) is 0. The molecule has 0 saturated carbocycles. The number of amides is 1. The van der Waals surface area contributed by atoms with Crippen molar-refractivity contribution in [1.82, 2.24) is 5.32 Å². The SMILES string of the molecule is CC(C)CNC(=O)C(C)Nc1cc(F)c(C(=O)O)cc1N. The number of halogens is 1. The lowest BCUT2D eigenvalue weighted by Gasteiger charge is -2.18. The Morgan fingerprint density at radius 3 is 2.48 bits per heavy atom. The van der Waals surface area contributed by atoms with Gasteiger partial charge in [-0.05, 0) is 25.0 Å². The van der Waals surface area contributed by atoms with E-state index in [0.29, 0.717) is 12.5 Å². The molecule has 1 aromatic carbocycles. The van der Waals surface area contributed by atoms with E-state index in [1.54, 1.807) is 6.92 Å². The number of hydrogen-bond donors (Lipinski definition) is 4. The zero-order valence-electron chi connectivity index (χ0n) is 12.2. The zero-order valence-corrected chi connectivity index (χ0v) is 12.2. The predicted octanol–water partition coefficient (Wildman–Crippen LogP) is 1.68. The van der Waals surface area contributed by atoms with Crippen molar-refractivity contribution in [1.29, 1.82) is 0 Å². The Morgan fingerprint density at radius 1 is 1.33 bits per heavy atom. The molecule has 1 rings (SSSR count). The summed E-state index contributed by atoms with van der Waals surface area (Å²) in [5, 5.41) is 14.3. The maximum atomic E-state index is 13.6. The summed E-state index contributed by atoms with van der Waals surface area (Å²) in [6.45, 7) is 6.08. The average molecular weight is 297 g/mol. The number of rotatable bonds is 6. The third-order valence-corrected chi connectivity index (χ3v) is 2.82. The summed E-state index contributed by atoms with van der Waals surface area (Å²) in [5.41, 5.74) is 5.42. The van der Waals surface area contributed by atoms with Gasteiger partial charge >= 0.3 is 5.97 Å². The molecule has 1 aromatic rings. The van der Waals surface area contributed by atoms with Crippen molar-refractivity contribution in [2.24, 2.45) is 5.92 Å². The van der Waals surface area contributed by atoms with Crippen molar-refractivity contribution in [3.63, 3.8) is 0 Å². The number of nitrogens with one attached hydrogen (secondary N) is 2. The van der Waals surface area contributed by atoms with Gasteiger partial charge in [-0.1, -0.05) is 13.8 Å². The number of carbonyl (C=O) groups is 2. The van der Waals surface area contributed by atoms with Gasteiger partial charge < -0.3 is 21.5 Å². The van der Waals surface area contributed by atoms with Crippen LogP contribution in [0.5, 0.6) is 0 Å². The molecule has 21 heavy (non-hydrogen) atoms. The van der Waals surface area contributed by atoms with Gasteiger partial charge in [-0.3, -0.25) is 4.79 Å². The fourth-order valence-corrected chi connectivity index (χ4v) is 1.64. The van der Waals surface area contributed by atoms with Crippen LogP contribution >= 0.6 is 0 Å². The number of hydrogen-bond acceptors (Lipinski definition) is 4. The highest BCUT2D eigenvalue weighted by molar-refractivity contribution is 5.91. The first-order valence-corrected chi connectivity index (χ1v) is 6.59.